The lowest BCUT2D eigenvalue weighted by atomic mass is 9.92. The molecule has 1 amide bonds. The van der Waals surface area contributed by atoms with Crippen molar-refractivity contribution in [2.75, 3.05) is 11.9 Å². The van der Waals surface area contributed by atoms with E-state index in [1.807, 2.05) is 30.3 Å². The second-order valence-electron chi connectivity index (χ2n) is 4.75. The fourth-order valence-corrected chi connectivity index (χ4v) is 2.28. The molecule has 0 aliphatic heterocycles. The number of amides is 1. The van der Waals surface area contributed by atoms with Crippen LogP contribution in [0.4, 0.5) is 5.69 Å². The highest BCUT2D eigenvalue weighted by atomic mass is 16.3. The summed E-state index contributed by atoms with van der Waals surface area (Å²) in [5, 5.41) is 15.7. The number of aliphatic hydroxyl groups is 1. The molecule has 0 heterocycles. The molecule has 0 spiro atoms. The van der Waals surface area contributed by atoms with Crippen molar-refractivity contribution in [1.29, 1.82) is 0 Å². The predicted octanol–water partition coefficient (Wildman–Crippen LogP) is 1.52. The van der Waals surface area contributed by atoms with Crippen molar-refractivity contribution in [2.24, 2.45) is 0 Å². The normalized spacial score (nSPS) is 23.4. The van der Waals surface area contributed by atoms with Crippen molar-refractivity contribution in [2.45, 2.75) is 37.8 Å². The molecule has 1 aliphatic rings. The summed E-state index contributed by atoms with van der Waals surface area (Å²) < 4.78 is 0. The molecule has 18 heavy (non-hydrogen) atoms. The molecule has 0 saturated heterocycles. The maximum Gasteiger partial charge on any atom is 0.239 e. The Morgan fingerprint density at radius 1 is 1.22 bits per heavy atom. The van der Waals surface area contributed by atoms with Gasteiger partial charge in [-0.3, -0.25) is 4.79 Å². The largest absolute Gasteiger partial charge is 0.391 e. The number of hydrogen-bond acceptors (Lipinski definition) is 3. The number of hydrogen-bond donors (Lipinski definition) is 3. The zero-order valence-corrected chi connectivity index (χ0v) is 10.4. The van der Waals surface area contributed by atoms with E-state index in [-0.39, 0.29) is 24.6 Å². The molecule has 1 aliphatic carbocycles. The summed E-state index contributed by atoms with van der Waals surface area (Å²) in [6, 6.07) is 9.54. The van der Waals surface area contributed by atoms with Crippen LogP contribution in [-0.2, 0) is 4.79 Å². The number of carbonyl (C=O) groups is 1. The first-order valence-corrected chi connectivity index (χ1v) is 6.52. The van der Waals surface area contributed by atoms with E-state index in [4.69, 9.17) is 0 Å². The molecular formula is C14H20N2O2. The first-order chi connectivity index (χ1) is 8.75. The first-order valence-electron chi connectivity index (χ1n) is 6.52. The van der Waals surface area contributed by atoms with Gasteiger partial charge in [0.1, 0.15) is 0 Å². The molecule has 4 heteroatoms. The van der Waals surface area contributed by atoms with Crippen LogP contribution < -0.4 is 10.6 Å². The molecule has 2 rings (SSSR count). The van der Waals surface area contributed by atoms with Crippen molar-refractivity contribution in [3.05, 3.63) is 30.3 Å². The molecule has 0 radical (unpaired) electrons. The van der Waals surface area contributed by atoms with Crippen molar-refractivity contribution < 1.29 is 9.90 Å². The molecule has 1 aromatic carbocycles. The highest BCUT2D eigenvalue weighted by Crippen LogP contribution is 2.18. The lowest BCUT2D eigenvalue weighted by Crippen LogP contribution is -2.46. The van der Waals surface area contributed by atoms with Gasteiger partial charge in [0, 0.05) is 5.69 Å². The SMILES string of the molecule is O=C(CNc1ccccc1)N[C@@H]1CCCC[C@H]1O. The van der Waals surface area contributed by atoms with E-state index in [9.17, 15) is 9.90 Å². The van der Waals surface area contributed by atoms with E-state index in [1.54, 1.807) is 0 Å². The molecular weight excluding hydrogens is 228 g/mol. The Balaban J connectivity index is 1.75. The van der Waals surface area contributed by atoms with Crippen LogP contribution in [0.3, 0.4) is 0 Å². The topological polar surface area (TPSA) is 61.4 Å². The van der Waals surface area contributed by atoms with Crippen LogP contribution in [-0.4, -0.2) is 29.7 Å². The standard InChI is InChI=1S/C14H20N2O2/c17-13-9-5-4-8-12(13)16-14(18)10-15-11-6-2-1-3-7-11/h1-3,6-7,12-13,15,17H,4-5,8-10H2,(H,16,18)/t12-,13-/m1/s1. The highest BCUT2D eigenvalue weighted by Gasteiger charge is 2.24. The Kier molecular flexibility index (Phi) is 4.59. The van der Waals surface area contributed by atoms with Crippen molar-refractivity contribution in [3.8, 4) is 0 Å². The Morgan fingerprint density at radius 3 is 2.67 bits per heavy atom. The van der Waals surface area contributed by atoms with Gasteiger partial charge in [0.05, 0.1) is 18.7 Å². The minimum absolute atomic E-state index is 0.0650. The number of aliphatic hydroxyl groups excluding tert-OH is 1. The van der Waals surface area contributed by atoms with Gasteiger partial charge < -0.3 is 15.7 Å². The Labute approximate surface area is 107 Å². The molecule has 1 saturated carbocycles. The fourth-order valence-electron chi connectivity index (χ4n) is 2.28. The molecule has 0 aromatic heterocycles. The third-order valence-electron chi connectivity index (χ3n) is 3.30. The lowest BCUT2D eigenvalue weighted by Gasteiger charge is -2.28. The van der Waals surface area contributed by atoms with Gasteiger partial charge in [-0.15, -0.1) is 0 Å². The van der Waals surface area contributed by atoms with Gasteiger partial charge in [0.15, 0.2) is 0 Å². The highest BCUT2D eigenvalue weighted by molar-refractivity contribution is 5.81. The minimum atomic E-state index is -0.389. The molecule has 98 valence electrons. The monoisotopic (exact) mass is 248 g/mol. The molecule has 0 bridgehead atoms. The average Bonchev–Trinajstić information content (AvgIpc) is 2.40. The third-order valence-corrected chi connectivity index (χ3v) is 3.30. The number of nitrogens with one attached hydrogen (secondary N) is 2. The van der Waals surface area contributed by atoms with Crippen LogP contribution in [0.2, 0.25) is 0 Å². The summed E-state index contributed by atoms with van der Waals surface area (Å²) in [6.45, 7) is 0.243. The van der Waals surface area contributed by atoms with Crippen LogP contribution in [0.15, 0.2) is 30.3 Å². The van der Waals surface area contributed by atoms with Crippen LogP contribution in [0.5, 0.6) is 0 Å². The van der Waals surface area contributed by atoms with E-state index in [2.05, 4.69) is 10.6 Å². The smallest absolute Gasteiger partial charge is 0.239 e. The molecule has 1 fully saturated rings. The van der Waals surface area contributed by atoms with Gasteiger partial charge in [0.2, 0.25) is 5.91 Å². The van der Waals surface area contributed by atoms with Gasteiger partial charge in [-0.1, -0.05) is 31.0 Å². The van der Waals surface area contributed by atoms with Crippen LogP contribution in [0, 0.1) is 0 Å². The summed E-state index contributed by atoms with van der Waals surface area (Å²) in [7, 11) is 0. The number of benzene rings is 1. The first kappa shape index (κ1) is 12.9. The van der Waals surface area contributed by atoms with Crippen LogP contribution in [0.1, 0.15) is 25.7 Å². The van der Waals surface area contributed by atoms with E-state index in [0.29, 0.717) is 0 Å². The van der Waals surface area contributed by atoms with E-state index in [0.717, 1.165) is 31.4 Å². The van der Waals surface area contributed by atoms with E-state index < -0.39 is 0 Å². The Morgan fingerprint density at radius 2 is 1.94 bits per heavy atom. The van der Waals surface area contributed by atoms with Gasteiger partial charge in [-0.2, -0.15) is 0 Å². The van der Waals surface area contributed by atoms with Crippen molar-refractivity contribution in [1.82, 2.24) is 5.32 Å². The number of para-hydroxylation sites is 1. The van der Waals surface area contributed by atoms with Gasteiger partial charge >= 0.3 is 0 Å². The zero-order valence-electron chi connectivity index (χ0n) is 10.4. The maximum atomic E-state index is 11.7. The maximum absolute atomic E-state index is 11.7. The number of rotatable bonds is 4. The lowest BCUT2D eigenvalue weighted by molar-refractivity contribution is -0.121. The van der Waals surface area contributed by atoms with Crippen LogP contribution in [0.25, 0.3) is 0 Å². The van der Waals surface area contributed by atoms with Crippen molar-refractivity contribution >= 4 is 11.6 Å². The quantitative estimate of drug-likeness (QED) is 0.757. The summed E-state index contributed by atoms with van der Waals surface area (Å²) >= 11 is 0. The number of anilines is 1. The van der Waals surface area contributed by atoms with Gasteiger partial charge in [-0.05, 0) is 25.0 Å². The van der Waals surface area contributed by atoms with Gasteiger partial charge in [-0.25, -0.2) is 0 Å². The summed E-state index contributed by atoms with van der Waals surface area (Å²) in [5.41, 5.74) is 0.928. The van der Waals surface area contributed by atoms with E-state index >= 15 is 0 Å². The predicted molar refractivity (Wildman–Crippen MR) is 71.3 cm³/mol. The van der Waals surface area contributed by atoms with Crippen LogP contribution >= 0.6 is 0 Å². The van der Waals surface area contributed by atoms with Gasteiger partial charge in [0.25, 0.3) is 0 Å². The second kappa shape index (κ2) is 6.40. The summed E-state index contributed by atoms with van der Waals surface area (Å²) in [5.74, 6) is -0.0650. The third kappa shape index (κ3) is 3.74. The Hall–Kier alpha value is -1.55. The number of carbonyl (C=O) groups excluding carboxylic acids is 1. The summed E-state index contributed by atoms with van der Waals surface area (Å²) in [6.07, 6.45) is 3.40. The second-order valence-corrected chi connectivity index (χ2v) is 4.75. The molecule has 3 N–H and O–H groups in total. The molecule has 1 aromatic rings. The minimum Gasteiger partial charge on any atom is -0.391 e. The zero-order chi connectivity index (χ0) is 12.8. The average molecular weight is 248 g/mol. The van der Waals surface area contributed by atoms with E-state index in [1.165, 1.54) is 0 Å². The fraction of sp³-hybridized carbons (Fsp3) is 0.500. The van der Waals surface area contributed by atoms with Crippen molar-refractivity contribution in [3.63, 3.8) is 0 Å². The summed E-state index contributed by atoms with van der Waals surface area (Å²) in [4.78, 5) is 11.7. The Bertz CT molecular complexity index is 381. The molecule has 2 atom stereocenters. The molecule has 4 nitrogen and oxygen atoms in total. The molecule has 0 unspecified atom stereocenters.